The molecular formula is C13H13BrO2S. The predicted molar refractivity (Wildman–Crippen MR) is 73.8 cm³/mol. The highest BCUT2D eigenvalue weighted by molar-refractivity contribution is 9.10. The molecule has 0 aliphatic rings. The first-order chi connectivity index (χ1) is 8.11. The zero-order valence-electron chi connectivity index (χ0n) is 9.61. The van der Waals surface area contributed by atoms with Gasteiger partial charge in [0.05, 0.1) is 7.11 Å². The summed E-state index contributed by atoms with van der Waals surface area (Å²) in [4.78, 5) is 2.10. The molecule has 1 heterocycles. The predicted octanol–water partition coefficient (Wildman–Crippen LogP) is 3.91. The van der Waals surface area contributed by atoms with Crippen LogP contribution in [0.3, 0.4) is 0 Å². The van der Waals surface area contributed by atoms with E-state index in [0.29, 0.717) is 0 Å². The minimum atomic E-state index is -0.597. The first kappa shape index (κ1) is 12.6. The number of thiophene rings is 1. The molecule has 17 heavy (non-hydrogen) atoms. The zero-order chi connectivity index (χ0) is 12.4. The highest BCUT2D eigenvalue weighted by atomic mass is 79.9. The lowest BCUT2D eigenvalue weighted by Crippen LogP contribution is -1.97. The molecule has 0 fully saturated rings. The Labute approximate surface area is 113 Å². The SMILES string of the molecule is COc1cccc(C(O)c2cc(Br)c(C)s2)c1. The van der Waals surface area contributed by atoms with Crippen molar-refractivity contribution in [2.45, 2.75) is 13.0 Å². The van der Waals surface area contributed by atoms with Gasteiger partial charge in [-0.25, -0.2) is 0 Å². The largest absolute Gasteiger partial charge is 0.497 e. The van der Waals surface area contributed by atoms with Crippen molar-refractivity contribution in [2.24, 2.45) is 0 Å². The van der Waals surface area contributed by atoms with E-state index in [9.17, 15) is 5.11 Å². The van der Waals surface area contributed by atoms with Crippen molar-refractivity contribution in [3.05, 3.63) is 50.1 Å². The minimum Gasteiger partial charge on any atom is -0.497 e. The average molecular weight is 313 g/mol. The van der Waals surface area contributed by atoms with Crippen molar-refractivity contribution >= 4 is 27.3 Å². The van der Waals surface area contributed by atoms with E-state index in [1.165, 1.54) is 4.88 Å². The van der Waals surface area contributed by atoms with Gasteiger partial charge in [-0.1, -0.05) is 12.1 Å². The second-order valence-electron chi connectivity index (χ2n) is 3.73. The van der Waals surface area contributed by atoms with Crippen LogP contribution >= 0.6 is 27.3 Å². The fourth-order valence-electron chi connectivity index (χ4n) is 1.59. The Kier molecular flexibility index (Phi) is 3.86. The average Bonchev–Trinajstić information content (AvgIpc) is 2.69. The molecule has 1 aromatic heterocycles. The fourth-order valence-corrected chi connectivity index (χ4v) is 3.17. The van der Waals surface area contributed by atoms with Gasteiger partial charge in [0.25, 0.3) is 0 Å². The van der Waals surface area contributed by atoms with E-state index >= 15 is 0 Å². The summed E-state index contributed by atoms with van der Waals surface area (Å²) < 4.78 is 6.19. The topological polar surface area (TPSA) is 29.5 Å². The van der Waals surface area contributed by atoms with Crippen LogP contribution in [0.4, 0.5) is 0 Å². The monoisotopic (exact) mass is 312 g/mol. The van der Waals surface area contributed by atoms with Crippen LogP contribution in [0, 0.1) is 6.92 Å². The van der Waals surface area contributed by atoms with Gasteiger partial charge in [-0.3, -0.25) is 0 Å². The lowest BCUT2D eigenvalue weighted by atomic mass is 10.1. The Morgan fingerprint density at radius 2 is 2.12 bits per heavy atom. The van der Waals surface area contributed by atoms with Crippen LogP contribution in [0.15, 0.2) is 34.8 Å². The van der Waals surface area contributed by atoms with Crippen LogP contribution < -0.4 is 4.74 Å². The van der Waals surface area contributed by atoms with Crippen molar-refractivity contribution in [3.8, 4) is 5.75 Å². The van der Waals surface area contributed by atoms with Gasteiger partial charge in [-0.2, -0.15) is 0 Å². The molecule has 0 saturated heterocycles. The lowest BCUT2D eigenvalue weighted by Gasteiger charge is -2.10. The van der Waals surface area contributed by atoms with Crippen molar-refractivity contribution in [2.75, 3.05) is 7.11 Å². The summed E-state index contributed by atoms with van der Waals surface area (Å²) in [6.07, 6.45) is -0.597. The van der Waals surface area contributed by atoms with Gasteiger partial charge in [-0.15, -0.1) is 11.3 Å². The van der Waals surface area contributed by atoms with Crippen LogP contribution in [0.1, 0.15) is 21.4 Å². The van der Waals surface area contributed by atoms with E-state index in [1.54, 1.807) is 18.4 Å². The summed E-state index contributed by atoms with van der Waals surface area (Å²) in [6.45, 7) is 2.02. The maximum atomic E-state index is 10.3. The molecule has 0 aliphatic heterocycles. The highest BCUT2D eigenvalue weighted by Crippen LogP contribution is 2.34. The highest BCUT2D eigenvalue weighted by Gasteiger charge is 2.14. The number of halogens is 1. The molecule has 1 unspecified atom stereocenters. The zero-order valence-corrected chi connectivity index (χ0v) is 12.0. The lowest BCUT2D eigenvalue weighted by molar-refractivity contribution is 0.223. The van der Waals surface area contributed by atoms with Gasteiger partial charge in [0.2, 0.25) is 0 Å². The maximum absolute atomic E-state index is 10.3. The van der Waals surface area contributed by atoms with Gasteiger partial charge in [0, 0.05) is 14.2 Å². The summed E-state index contributed by atoms with van der Waals surface area (Å²) >= 11 is 5.05. The number of benzene rings is 1. The first-order valence-electron chi connectivity index (χ1n) is 5.19. The fraction of sp³-hybridized carbons (Fsp3) is 0.231. The van der Waals surface area contributed by atoms with Crippen molar-refractivity contribution in [3.63, 3.8) is 0 Å². The van der Waals surface area contributed by atoms with Crippen LogP contribution in [0.5, 0.6) is 5.75 Å². The van der Waals surface area contributed by atoms with E-state index in [0.717, 1.165) is 20.7 Å². The van der Waals surface area contributed by atoms with Crippen LogP contribution in [-0.4, -0.2) is 12.2 Å². The number of aliphatic hydroxyl groups is 1. The number of hydrogen-bond acceptors (Lipinski definition) is 3. The van der Waals surface area contributed by atoms with E-state index < -0.39 is 6.10 Å². The summed E-state index contributed by atoms with van der Waals surface area (Å²) in [5.41, 5.74) is 0.845. The molecular weight excluding hydrogens is 300 g/mol. The first-order valence-corrected chi connectivity index (χ1v) is 6.80. The molecule has 0 spiro atoms. The Hall–Kier alpha value is -0.840. The van der Waals surface area contributed by atoms with E-state index in [2.05, 4.69) is 15.9 Å². The van der Waals surface area contributed by atoms with Gasteiger partial charge < -0.3 is 9.84 Å². The van der Waals surface area contributed by atoms with E-state index in [-0.39, 0.29) is 0 Å². The van der Waals surface area contributed by atoms with Gasteiger partial charge in [0.15, 0.2) is 0 Å². The Morgan fingerprint density at radius 1 is 1.35 bits per heavy atom. The Bertz CT molecular complexity index is 502. The maximum Gasteiger partial charge on any atom is 0.119 e. The van der Waals surface area contributed by atoms with Crippen LogP contribution in [0.25, 0.3) is 0 Å². The molecule has 0 aliphatic carbocycles. The molecule has 1 aromatic carbocycles. The second-order valence-corrected chi connectivity index (χ2v) is 5.87. The summed E-state index contributed by atoms with van der Waals surface area (Å²) in [5, 5.41) is 10.3. The Morgan fingerprint density at radius 3 is 2.71 bits per heavy atom. The number of ether oxygens (including phenoxy) is 1. The number of aryl methyl sites for hydroxylation is 1. The van der Waals surface area contributed by atoms with E-state index in [1.807, 2.05) is 37.3 Å². The molecule has 4 heteroatoms. The van der Waals surface area contributed by atoms with Crippen molar-refractivity contribution in [1.29, 1.82) is 0 Å². The normalized spacial score (nSPS) is 12.5. The quantitative estimate of drug-likeness (QED) is 0.931. The third-order valence-corrected chi connectivity index (χ3v) is 4.74. The third kappa shape index (κ3) is 2.70. The summed E-state index contributed by atoms with van der Waals surface area (Å²) in [6, 6.07) is 9.46. The number of rotatable bonds is 3. The number of aliphatic hydroxyl groups excluding tert-OH is 1. The molecule has 90 valence electrons. The van der Waals surface area contributed by atoms with Crippen molar-refractivity contribution in [1.82, 2.24) is 0 Å². The second kappa shape index (κ2) is 5.21. The molecule has 2 rings (SSSR count). The van der Waals surface area contributed by atoms with Gasteiger partial charge >= 0.3 is 0 Å². The van der Waals surface area contributed by atoms with E-state index in [4.69, 9.17) is 4.74 Å². The smallest absolute Gasteiger partial charge is 0.119 e. The number of hydrogen-bond donors (Lipinski definition) is 1. The molecule has 2 aromatic rings. The molecule has 1 atom stereocenters. The standard InChI is InChI=1S/C13H13BrO2S/c1-8-11(14)7-12(17-8)13(15)9-4-3-5-10(6-9)16-2/h3-7,13,15H,1-2H3. The van der Waals surface area contributed by atoms with Crippen LogP contribution in [-0.2, 0) is 0 Å². The minimum absolute atomic E-state index is 0.597. The molecule has 0 saturated carbocycles. The molecule has 0 bridgehead atoms. The molecule has 1 N–H and O–H groups in total. The molecule has 0 radical (unpaired) electrons. The van der Waals surface area contributed by atoms with Gasteiger partial charge in [0.1, 0.15) is 11.9 Å². The van der Waals surface area contributed by atoms with Gasteiger partial charge in [-0.05, 0) is 46.6 Å². The van der Waals surface area contributed by atoms with Crippen LogP contribution in [0.2, 0.25) is 0 Å². The Balaban J connectivity index is 2.32. The molecule has 0 amide bonds. The summed E-state index contributed by atoms with van der Waals surface area (Å²) in [7, 11) is 1.62. The third-order valence-electron chi connectivity index (χ3n) is 2.56. The molecule has 2 nitrogen and oxygen atoms in total. The summed E-state index contributed by atoms with van der Waals surface area (Å²) in [5.74, 6) is 0.758. The number of methoxy groups -OCH3 is 1. The van der Waals surface area contributed by atoms with Crippen molar-refractivity contribution < 1.29 is 9.84 Å².